The molecule has 84 valence electrons. The zero-order chi connectivity index (χ0) is 12.2. The Morgan fingerprint density at radius 2 is 1.94 bits per heavy atom. The number of hydrogen-bond acceptors (Lipinski definition) is 1. The molecule has 1 aromatic rings. The quantitative estimate of drug-likeness (QED) is 0.708. The highest BCUT2D eigenvalue weighted by molar-refractivity contribution is 5.51. The second kappa shape index (κ2) is 4.79. The van der Waals surface area contributed by atoms with E-state index in [2.05, 4.69) is 0 Å². The lowest BCUT2D eigenvalue weighted by molar-refractivity contribution is -0.137. The van der Waals surface area contributed by atoms with E-state index in [1.54, 1.807) is 6.07 Å². The Balaban J connectivity index is 3.05. The summed E-state index contributed by atoms with van der Waals surface area (Å²) in [5.41, 5.74) is -0.952. The molecule has 1 nitrogen and oxygen atoms in total. The van der Waals surface area contributed by atoms with Gasteiger partial charge in [0, 0.05) is 0 Å². The molecule has 0 aromatic heterocycles. The number of hydrogen-bond donors (Lipinski definition) is 0. The fourth-order valence-corrected chi connectivity index (χ4v) is 1.12. The van der Waals surface area contributed by atoms with Crippen LogP contribution in [0.1, 0.15) is 17.5 Å². The molecule has 0 bridgehead atoms. The molecule has 0 aliphatic rings. The van der Waals surface area contributed by atoms with Crippen molar-refractivity contribution in [2.24, 2.45) is 0 Å². The van der Waals surface area contributed by atoms with Gasteiger partial charge in [-0.3, -0.25) is 0 Å². The molecule has 0 atom stereocenters. The molecule has 0 spiro atoms. The molecule has 0 fully saturated rings. The van der Waals surface area contributed by atoms with Crippen molar-refractivity contribution in [1.29, 1.82) is 5.26 Å². The number of alkyl halides is 3. The van der Waals surface area contributed by atoms with Crippen LogP contribution in [-0.2, 0) is 6.18 Å². The van der Waals surface area contributed by atoms with Crippen molar-refractivity contribution in [3.63, 3.8) is 0 Å². The summed E-state index contributed by atoms with van der Waals surface area (Å²) in [6.45, 7) is 0. The van der Waals surface area contributed by atoms with Gasteiger partial charge < -0.3 is 0 Å². The van der Waals surface area contributed by atoms with Crippen LogP contribution in [0.25, 0.3) is 6.08 Å². The molecule has 0 amide bonds. The molecule has 0 saturated heterocycles. The largest absolute Gasteiger partial charge is 0.416 e. The average Bonchev–Trinajstić information content (AvgIpc) is 2.16. The van der Waals surface area contributed by atoms with Crippen molar-refractivity contribution < 1.29 is 17.6 Å². The summed E-state index contributed by atoms with van der Waals surface area (Å²) in [5.74, 6) is -0.952. The number of halogens is 4. The van der Waals surface area contributed by atoms with Crippen LogP contribution in [0.15, 0.2) is 24.3 Å². The number of nitriles is 1. The highest BCUT2D eigenvalue weighted by Crippen LogP contribution is 2.30. The molecule has 5 heteroatoms. The molecule has 1 rings (SSSR count). The molecule has 16 heavy (non-hydrogen) atoms. The van der Waals surface area contributed by atoms with Gasteiger partial charge >= 0.3 is 6.18 Å². The fraction of sp³-hybridized carbons (Fsp3) is 0.182. The summed E-state index contributed by atoms with van der Waals surface area (Å²) < 4.78 is 49.7. The first-order valence-electron chi connectivity index (χ1n) is 4.35. The van der Waals surface area contributed by atoms with Crippen LogP contribution in [0, 0.1) is 17.1 Å². The van der Waals surface area contributed by atoms with Gasteiger partial charge in [-0.2, -0.15) is 18.4 Å². The fourth-order valence-electron chi connectivity index (χ4n) is 1.12. The summed E-state index contributed by atoms with van der Waals surface area (Å²) in [6, 6.07) is 4.03. The molecule has 0 N–H and O–H groups in total. The van der Waals surface area contributed by atoms with Crippen molar-refractivity contribution >= 4 is 6.08 Å². The van der Waals surface area contributed by atoms with Crippen LogP contribution in [0.5, 0.6) is 0 Å². The predicted octanol–water partition coefficient (Wildman–Crippen LogP) is 3.77. The average molecular weight is 229 g/mol. The molecule has 0 saturated carbocycles. The van der Waals surface area contributed by atoms with Gasteiger partial charge in [0.1, 0.15) is 5.82 Å². The van der Waals surface area contributed by atoms with Gasteiger partial charge in [-0.05, 0) is 23.8 Å². The van der Waals surface area contributed by atoms with Gasteiger partial charge in [-0.15, -0.1) is 0 Å². The third-order valence-corrected chi connectivity index (χ3v) is 1.77. The van der Waals surface area contributed by atoms with Crippen LogP contribution >= 0.6 is 0 Å². The number of allylic oxidation sites excluding steroid dienone is 1. The first-order valence-corrected chi connectivity index (χ1v) is 4.35. The molecule has 0 radical (unpaired) electrons. The molecular weight excluding hydrogens is 222 g/mol. The Bertz CT molecular complexity index is 440. The Morgan fingerprint density at radius 3 is 2.50 bits per heavy atom. The first-order chi connectivity index (χ1) is 7.43. The molecule has 0 heterocycles. The maximum Gasteiger partial charge on any atom is 0.416 e. The maximum atomic E-state index is 12.9. The summed E-state index contributed by atoms with van der Waals surface area (Å²) in [4.78, 5) is 0. The van der Waals surface area contributed by atoms with Gasteiger partial charge in [0.05, 0.1) is 18.1 Å². The van der Waals surface area contributed by atoms with E-state index in [1.807, 2.05) is 0 Å². The van der Waals surface area contributed by atoms with E-state index in [0.717, 1.165) is 12.1 Å². The van der Waals surface area contributed by atoms with Crippen molar-refractivity contribution in [3.8, 4) is 6.07 Å². The van der Waals surface area contributed by atoms with E-state index in [4.69, 9.17) is 5.26 Å². The van der Waals surface area contributed by atoms with Gasteiger partial charge in [0.25, 0.3) is 0 Å². The molecule has 0 aliphatic carbocycles. The number of benzene rings is 1. The van der Waals surface area contributed by atoms with E-state index in [9.17, 15) is 17.6 Å². The smallest absolute Gasteiger partial charge is 0.207 e. The monoisotopic (exact) mass is 229 g/mol. The van der Waals surface area contributed by atoms with Crippen LogP contribution in [0.3, 0.4) is 0 Å². The molecule has 0 aliphatic heterocycles. The van der Waals surface area contributed by atoms with E-state index >= 15 is 0 Å². The van der Waals surface area contributed by atoms with Crippen molar-refractivity contribution in [2.75, 3.05) is 0 Å². The highest BCUT2D eigenvalue weighted by Gasteiger charge is 2.31. The zero-order valence-electron chi connectivity index (χ0n) is 8.05. The molecular formula is C11H7F4N. The van der Waals surface area contributed by atoms with Gasteiger partial charge in [-0.1, -0.05) is 12.2 Å². The standard InChI is InChI=1S/C11H7F4N/c12-10-6-8(3-1-2-4-16)5-9(7-10)11(13,14)15/h1,3,5-7H,2H2. The first kappa shape index (κ1) is 12.2. The number of nitrogens with zero attached hydrogens (tertiary/aromatic N) is 1. The maximum absolute atomic E-state index is 12.9. The minimum absolute atomic E-state index is 0.0673. The van der Waals surface area contributed by atoms with Gasteiger partial charge in [0.2, 0.25) is 0 Å². The van der Waals surface area contributed by atoms with E-state index in [-0.39, 0.29) is 12.0 Å². The molecule has 1 aromatic carbocycles. The lowest BCUT2D eigenvalue weighted by Gasteiger charge is -2.07. The number of rotatable bonds is 2. The van der Waals surface area contributed by atoms with Crippen molar-refractivity contribution in [2.45, 2.75) is 12.6 Å². The van der Waals surface area contributed by atoms with Gasteiger partial charge in [0.15, 0.2) is 0 Å². The second-order valence-electron chi connectivity index (χ2n) is 3.04. The third-order valence-electron chi connectivity index (χ3n) is 1.77. The van der Waals surface area contributed by atoms with E-state index in [0.29, 0.717) is 6.07 Å². The Hall–Kier alpha value is -1.83. The topological polar surface area (TPSA) is 23.8 Å². The summed E-state index contributed by atoms with van der Waals surface area (Å²) in [7, 11) is 0. The second-order valence-corrected chi connectivity index (χ2v) is 3.04. The normalized spacial score (nSPS) is 11.7. The van der Waals surface area contributed by atoms with Crippen LogP contribution in [0.4, 0.5) is 17.6 Å². The minimum atomic E-state index is -4.57. The van der Waals surface area contributed by atoms with Crippen LogP contribution in [0.2, 0.25) is 0 Å². The Kier molecular flexibility index (Phi) is 3.67. The SMILES string of the molecule is N#CCC=Cc1cc(F)cc(C(F)(F)F)c1. The summed E-state index contributed by atoms with van der Waals surface area (Å²) in [5, 5.41) is 8.23. The zero-order valence-corrected chi connectivity index (χ0v) is 8.05. The van der Waals surface area contributed by atoms with Crippen molar-refractivity contribution in [1.82, 2.24) is 0 Å². The van der Waals surface area contributed by atoms with Crippen LogP contribution in [-0.4, -0.2) is 0 Å². The molecule has 0 unspecified atom stereocenters. The highest BCUT2D eigenvalue weighted by atomic mass is 19.4. The Labute approximate surface area is 89.6 Å². The van der Waals surface area contributed by atoms with E-state index in [1.165, 1.54) is 12.2 Å². The van der Waals surface area contributed by atoms with Crippen LogP contribution < -0.4 is 0 Å². The third kappa shape index (κ3) is 3.39. The lowest BCUT2D eigenvalue weighted by Crippen LogP contribution is -2.05. The summed E-state index contributed by atoms with van der Waals surface area (Å²) in [6.07, 6.45) is -1.85. The minimum Gasteiger partial charge on any atom is -0.207 e. The van der Waals surface area contributed by atoms with Crippen molar-refractivity contribution in [3.05, 3.63) is 41.2 Å². The lowest BCUT2D eigenvalue weighted by atomic mass is 10.1. The summed E-state index contributed by atoms with van der Waals surface area (Å²) >= 11 is 0. The predicted molar refractivity (Wildman–Crippen MR) is 50.7 cm³/mol. The Morgan fingerprint density at radius 1 is 1.25 bits per heavy atom. The van der Waals surface area contributed by atoms with E-state index < -0.39 is 17.6 Å². The van der Waals surface area contributed by atoms with Gasteiger partial charge in [-0.25, -0.2) is 4.39 Å².